The minimum Gasteiger partial charge on any atom is -0.496 e. The second-order valence-electron chi connectivity index (χ2n) is 5.37. The van der Waals surface area contributed by atoms with Crippen LogP contribution in [0.5, 0.6) is 5.75 Å². The molecule has 3 nitrogen and oxygen atoms in total. The van der Waals surface area contributed by atoms with E-state index < -0.39 is 0 Å². The van der Waals surface area contributed by atoms with Crippen LogP contribution in [0.1, 0.15) is 45.2 Å². The SMILES string of the molecule is CCNC(c1sc(C)nc1C)c1c(C)cc(C)cc1OC. The summed E-state index contributed by atoms with van der Waals surface area (Å²) >= 11 is 1.76. The second kappa shape index (κ2) is 6.58. The Balaban J connectivity index is 2.60. The number of methoxy groups -OCH3 is 1. The molecule has 0 radical (unpaired) electrons. The van der Waals surface area contributed by atoms with E-state index in [-0.39, 0.29) is 6.04 Å². The van der Waals surface area contributed by atoms with Gasteiger partial charge >= 0.3 is 0 Å². The van der Waals surface area contributed by atoms with Crippen LogP contribution in [0.2, 0.25) is 0 Å². The number of nitrogens with one attached hydrogen (secondary N) is 1. The first-order chi connectivity index (χ1) is 9.97. The molecule has 0 fully saturated rings. The predicted octanol–water partition coefficient (Wildman–Crippen LogP) is 4.08. The summed E-state index contributed by atoms with van der Waals surface area (Å²) in [6.07, 6.45) is 0. The van der Waals surface area contributed by atoms with Crippen LogP contribution >= 0.6 is 11.3 Å². The summed E-state index contributed by atoms with van der Waals surface area (Å²) in [7, 11) is 1.74. The van der Waals surface area contributed by atoms with Gasteiger partial charge in [-0.15, -0.1) is 11.3 Å². The first-order valence-electron chi connectivity index (χ1n) is 7.30. The summed E-state index contributed by atoms with van der Waals surface area (Å²) in [5.41, 5.74) is 4.80. The van der Waals surface area contributed by atoms with Crippen molar-refractivity contribution in [3.05, 3.63) is 44.4 Å². The summed E-state index contributed by atoms with van der Waals surface area (Å²) in [4.78, 5) is 5.86. The van der Waals surface area contributed by atoms with Crippen LogP contribution in [0.4, 0.5) is 0 Å². The Morgan fingerprint density at radius 3 is 2.48 bits per heavy atom. The summed E-state index contributed by atoms with van der Waals surface area (Å²) in [5, 5.41) is 4.70. The van der Waals surface area contributed by atoms with Crippen molar-refractivity contribution in [2.24, 2.45) is 0 Å². The number of hydrogen-bond donors (Lipinski definition) is 1. The first kappa shape index (κ1) is 16.0. The van der Waals surface area contributed by atoms with Gasteiger partial charge in [-0.05, 0) is 51.4 Å². The van der Waals surface area contributed by atoms with Crippen LogP contribution in [0.15, 0.2) is 12.1 Å². The van der Waals surface area contributed by atoms with Crippen molar-refractivity contribution in [3.63, 3.8) is 0 Å². The number of thiazole rings is 1. The molecule has 0 aliphatic carbocycles. The van der Waals surface area contributed by atoms with Crippen molar-refractivity contribution in [2.45, 2.75) is 40.7 Å². The Morgan fingerprint density at radius 1 is 1.24 bits per heavy atom. The number of ether oxygens (including phenoxy) is 1. The average Bonchev–Trinajstić information content (AvgIpc) is 2.75. The number of hydrogen-bond acceptors (Lipinski definition) is 4. The molecule has 1 atom stereocenters. The van der Waals surface area contributed by atoms with E-state index in [9.17, 15) is 0 Å². The highest BCUT2D eigenvalue weighted by atomic mass is 32.1. The summed E-state index contributed by atoms with van der Waals surface area (Å²) in [6, 6.07) is 4.46. The highest BCUT2D eigenvalue weighted by Crippen LogP contribution is 2.37. The monoisotopic (exact) mass is 304 g/mol. The Labute approximate surface area is 131 Å². The van der Waals surface area contributed by atoms with Gasteiger partial charge in [-0.25, -0.2) is 4.98 Å². The number of rotatable bonds is 5. The number of benzene rings is 1. The Kier molecular flexibility index (Phi) is 5.01. The van der Waals surface area contributed by atoms with E-state index in [1.807, 2.05) is 0 Å². The quantitative estimate of drug-likeness (QED) is 0.903. The molecule has 1 aromatic carbocycles. The normalized spacial score (nSPS) is 12.5. The lowest BCUT2D eigenvalue weighted by atomic mass is 9.96. The molecule has 0 saturated carbocycles. The molecular formula is C17H24N2OS. The predicted molar refractivity (Wildman–Crippen MR) is 89.6 cm³/mol. The van der Waals surface area contributed by atoms with Gasteiger partial charge in [0.1, 0.15) is 5.75 Å². The standard InChI is InChI=1S/C17H24N2OS/c1-7-18-16(17-12(4)19-13(5)21-17)15-11(3)8-10(2)9-14(15)20-6/h8-9,16,18H,7H2,1-6H3. The van der Waals surface area contributed by atoms with Gasteiger partial charge in [0.05, 0.1) is 23.9 Å². The summed E-state index contributed by atoms with van der Waals surface area (Å²) in [5.74, 6) is 0.948. The van der Waals surface area contributed by atoms with Gasteiger partial charge in [-0.2, -0.15) is 0 Å². The Bertz CT molecular complexity index is 634. The number of nitrogens with zero attached hydrogens (tertiary/aromatic N) is 1. The van der Waals surface area contributed by atoms with Gasteiger partial charge in [0, 0.05) is 10.4 Å². The maximum Gasteiger partial charge on any atom is 0.124 e. The van der Waals surface area contributed by atoms with E-state index in [1.165, 1.54) is 21.6 Å². The smallest absolute Gasteiger partial charge is 0.124 e. The number of aromatic nitrogens is 1. The molecule has 0 aliphatic heterocycles. The molecule has 1 aromatic heterocycles. The molecule has 0 aliphatic rings. The molecule has 0 saturated heterocycles. The molecule has 2 aromatic rings. The third-order valence-corrected chi connectivity index (χ3v) is 4.75. The zero-order valence-electron chi connectivity index (χ0n) is 13.7. The molecule has 1 N–H and O–H groups in total. The molecule has 2 rings (SSSR count). The largest absolute Gasteiger partial charge is 0.496 e. The van der Waals surface area contributed by atoms with Crippen molar-refractivity contribution >= 4 is 11.3 Å². The molecule has 1 heterocycles. The summed E-state index contributed by atoms with van der Waals surface area (Å²) in [6.45, 7) is 11.4. The van der Waals surface area contributed by atoms with Crippen LogP contribution < -0.4 is 10.1 Å². The third kappa shape index (κ3) is 3.27. The van der Waals surface area contributed by atoms with Crippen LogP contribution in [-0.4, -0.2) is 18.6 Å². The maximum absolute atomic E-state index is 5.65. The van der Waals surface area contributed by atoms with Gasteiger partial charge in [-0.1, -0.05) is 13.0 Å². The molecular weight excluding hydrogens is 280 g/mol. The lowest BCUT2D eigenvalue weighted by molar-refractivity contribution is 0.403. The van der Waals surface area contributed by atoms with Crippen molar-refractivity contribution in [3.8, 4) is 5.75 Å². The van der Waals surface area contributed by atoms with Gasteiger partial charge in [0.15, 0.2) is 0 Å². The Morgan fingerprint density at radius 2 is 1.95 bits per heavy atom. The molecule has 0 spiro atoms. The number of aryl methyl sites for hydroxylation is 4. The second-order valence-corrected chi connectivity index (χ2v) is 6.61. The van der Waals surface area contributed by atoms with Gasteiger partial charge < -0.3 is 10.1 Å². The van der Waals surface area contributed by atoms with Crippen LogP contribution in [-0.2, 0) is 0 Å². The molecule has 114 valence electrons. The summed E-state index contributed by atoms with van der Waals surface area (Å²) < 4.78 is 5.65. The van der Waals surface area contributed by atoms with E-state index in [4.69, 9.17) is 4.74 Å². The van der Waals surface area contributed by atoms with Crippen LogP contribution in [0.25, 0.3) is 0 Å². The first-order valence-corrected chi connectivity index (χ1v) is 8.12. The van der Waals surface area contributed by atoms with E-state index >= 15 is 0 Å². The highest BCUT2D eigenvalue weighted by Gasteiger charge is 2.24. The van der Waals surface area contributed by atoms with Gasteiger partial charge in [0.25, 0.3) is 0 Å². The lowest BCUT2D eigenvalue weighted by Crippen LogP contribution is -2.23. The maximum atomic E-state index is 5.65. The topological polar surface area (TPSA) is 34.2 Å². The molecule has 1 unspecified atom stereocenters. The zero-order chi connectivity index (χ0) is 15.6. The fraction of sp³-hybridized carbons (Fsp3) is 0.471. The van der Waals surface area contributed by atoms with Gasteiger partial charge in [-0.3, -0.25) is 0 Å². The van der Waals surface area contributed by atoms with Crippen molar-refractivity contribution in [1.82, 2.24) is 10.3 Å². The molecule has 0 bridgehead atoms. The van der Waals surface area contributed by atoms with Crippen LogP contribution in [0.3, 0.4) is 0 Å². The van der Waals surface area contributed by atoms with E-state index in [1.54, 1.807) is 18.4 Å². The van der Waals surface area contributed by atoms with Crippen molar-refractivity contribution < 1.29 is 4.74 Å². The van der Waals surface area contributed by atoms with E-state index in [0.29, 0.717) is 0 Å². The van der Waals surface area contributed by atoms with Gasteiger partial charge in [0.2, 0.25) is 0 Å². The van der Waals surface area contributed by atoms with E-state index in [2.05, 4.69) is 57.1 Å². The van der Waals surface area contributed by atoms with Crippen LogP contribution in [0, 0.1) is 27.7 Å². The minimum absolute atomic E-state index is 0.136. The molecule has 0 amide bonds. The van der Waals surface area contributed by atoms with E-state index in [0.717, 1.165) is 23.0 Å². The average molecular weight is 304 g/mol. The Hall–Kier alpha value is -1.39. The van der Waals surface area contributed by atoms with Crippen molar-refractivity contribution in [1.29, 1.82) is 0 Å². The molecule has 21 heavy (non-hydrogen) atoms. The fourth-order valence-corrected chi connectivity index (χ4v) is 3.84. The lowest BCUT2D eigenvalue weighted by Gasteiger charge is -2.23. The minimum atomic E-state index is 0.136. The third-order valence-electron chi connectivity index (χ3n) is 3.61. The molecule has 4 heteroatoms. The fourth-order valence-electron chi connectivity index (χ4n) is 2.82. The van der Waals surface area contributed by atoms with Crippen molar-refractivity contribution in [2.75, 3.05) is 13.7 Å². The zero-order valence-corrected chi connectivity index (χ0v) is 14.5. The highest BCUT2D eigenvalue weighted by molar-refractivity contribution is 7.11.